The molecule has 0 aliphatic carbocycles. The first kappa shape index (κ1) is 12.1. The fourth-order valence-corrected chi connectivity index (χ4v) is 2.48. The Morgan fingerprint density at radius 1 is 1.21 bits per heavy atom. The fourth-order valence-electron chi connectivity index (χ4n) is 2.48. The van der Waals surface area contributed by atoms with Crippen molar-refractivity contribution >= 4 is 5.95 Å². The average Bonchev–Trinajstić information content (AvgIpc) is 2.94. The van der Waals surface area contributed by atoms with Crippen LogP contribution in [0.5, 0.6) is 0 Å². The van der Waals surface area contributed by atoms with Gasteiger partial charge in [-0.2, -0.15) is 0 Å². The Labute approximate surface area is 111 Å². The number of anilines is 1. The van der Waals surface area contributed by atoms with Crippen molar-refractivity contribution in [3.63, 3.8) is 0 Å². The van der Waals surface area contributed by atoms with Crippen LogP contribution in [0.4, 0.5) is 10.3 Å². The van der Waals surface area contributed by atoms with Gasteiger partial charge in [-0.25, -0.2) is 19.3 Å². The van der Waals surface area contributed by atoms with Crippen molar-refractivity contribution in [2.24, 2.45) is 5.92 Å². The lowest BCUT2D eigenvalue weighted by atomic mass is 9.97. The van der Waals surface area contributed by atoms with Crippen LogP contribution >= 0.6 is 0 Å². The van der Waals surface area contributed by atoms with Gasteiger partial charge >= 0.3 is 0 Å². The van der Waals surface area contributed by atoms with Gasteiger partial charge in [-0.15, -0.1) is 0 Å². The SMILES string of the molecule is Fc1cnc(N2CCC(Cn3ccnc3)CC2)nc1. The van der Waals surface area contributed by atoms with Crippen LogP contribution in [0, 0.1) is 11.7 Å². The third-order valence-corrected chi connectivity index (χ3v) is 3.53. The van der Waals surface area contributed by atoms with Crippen LogP contribution in [-0.4, -0.2) is 32.6 Å². The molecule has 0 bridgehead atoms. The number of halogens is 1. The van der Waals surface area contributed by atoms with E-state index < -0.39 is 5.82 Å². The van der Waals surface area contributed by atoms with E-state index in [0.29, 0.717) is 11.9 Å². The normalized spacial score (nSPS) is 16.8. The Morgan fingerprint density at radius 2 is 1.95 bits per heavy atom. The molecule has 0 spiro atoms. The lowest BCUT2D eigenvalue weighted by molar-refractivity contribution is 0.354. The summed E-state index contributed by atoms with van der Waals surface area (Å²) in [6.07, 6.45) is 10.3. The molecule has 5 nitrogen and oxygen atoms in total. The van der Waals surface area contributed by atoms with Crippen molar-refractivity contribution < 1.29 is 4.39 Å². The van der Waals surface area contributed by atoms with Gasteiger partial charge in [0.15, 0.2) is 5.82 Å². The van der Waals surface area contributed by atoms with E-state index in [2.05, 4.69) is 24.4 Å². The third-order valence-electron chi connectivity index (χ3n) is 3.53. The highest BCUT2D eigenvalue weighted by atomic mass is 19.1. The van der Waals surface area contributed by atoms with Gasteiger partial charge in [0.2, 0.25) is 5.95 Å². The number of hydrogen-bond donors (Lipinski definition) is 0. The molecule has 0 unspecified atom stereocenters. The molecule has 2 aromatic heterocycles. The lowest BCUT2D eigenvalue weighted by Crippen LogP contribution is -2.36. The number of piperidine rings is 1. The first-order valence-corrected chi connectivity index (χ1v) is 6.49. The van der Waals surface area contributed by atoms with Crippen LogP contribution in [0.3, 0.4) is 0 Å². The summed E-state index contributed by atoms with van der Waals surface area (Å²) < 4.78 is 14.9. The van der Waals surface area contributed by atoms with Crippen molar-refractivity contribution in [3.8, 4) is 0 Å². The zero-order valence-electron chi connectivity index (χ0n) is 10.6. The molecular weight excluding hydrogens is 245 g/mol. The summed E-state index contributed by atoms with van der Waals surface area (Å²) >= 11 is 0. The van der Waals surface area contributed by atoms with E-state index in [0.717, 1.165) is 32.5 Å². The zero-order valence-corrected chi connectivity index (χ0v) is 10.6. The van der Waals surface area contributed by atoms with E-state index in [9.17, 15) is 4.39 Å². The highest BCUT2D eigenvalue weighted by Gasteiger charge is 2.21. The number of imidazole rings is 1. The Hall–Kier alpha value is -1.98. The van der Waals surface area contributed by atoms with E-state index in [-0.39, 0.29) is 0 Å². The smallest absolute Gasteiger partial charge is 0.225 e. The number of aromatic nitrogens is 4. The minimum Gasteiger partial charge on any atom is -0.341 e. The Morgan fingerprint density at radius 3 is 2.58 bits per heavy atom. The topological polar surface area (TPSA) is 46.8 Å². The van der Waals surface area contributed by atoms with E-state index >= 15 is 0 Å². The molecule has 0 atom stereocenters. The van der Waals surface area contributed by atoms with Gasteiger partial charge in [0.05, 0.1) is 18.7 Å². The Balaban J connectivity index is 1.56. The van der Waals surface area contributed by atoms with Crippen LogP contribution < -0.4 is 4.90 Å². The largest absolute Gasteiger partial charge is 0.341 e. The molecule has 1 aliphatic rings. The fraction of sp³-hybridized carbons (Fsp3) is 0.462. The maximum Gasteiger partial charge on any atom is 0.225 e. The summed E-state index contributed by atoms with van der Waals surface area (Å²) in [5, 5.41) is 0. The second-order valence-corrected chi connectivity index (χ2v) is 4.89. The molecule has 100 valence electrons. The maximum atomic E-state index is 12.8. The van der Waals surface area contributed by atoms with E-state index in [4.69, 9.17) is 0 Å². The quantitative estimate of drug-likeness (QED) is 0.844. The highest BCUT2D eigenvalue weighted by Crippen LogP contribution is 2.21. The van der Waals surface area contributed by atoms with Crippen LogP contribution in [0.1, 0.15) is 12.8 Å². The summed E-state index contributed by atoms with van der Waals surface area (Å²) in [7, 11) is 0. The van der Waals surface area contributed by atoms with Gasteiger partial charge in [-0.1, -0.05) is 0 Å². The zero-order chi connectivity index (χ0) is 13.1. The van der Waals surface area contributed by atoms with Crippen molar-refractivity contribution in [1.82, 2.24) is 19.5 Å². The predicted molar refractivity (Wildman–Crippen MR) is 69.2 cm³/mol. The van der Waals surface area contributed by atoms with Crippen LogP contribution in [0.25, 0.3) is 0 Å². The molecule has 3 heterocycles. The molecule has 19 heavy (non-hydrogen) atoms. The Kier molecular flexibility index (Phi) is 3.39. The third kappa shape index (κ3) is 2.89. The van der Waals surface area contributed by atoms with Gasteiger partial charge in [-0.05, 0) is 18.8 Å². The summed E-state index contributed by atoms with van der Waals surface area (Å²) in [6.45, 7) is 2.86. The first-order chi connectivity index (χ1) is 9.31. The van der Waals surface area contributed by atoms with E-state index in [1.54, 1.807) is 0 Å². The minimum absolute atomic E-state index is 0.390. The molecule has 2 aromatic rings. The van der Waals surface area contributed by atoms with Gasteiger partial charge < -0.3 is 9.47 Å². The van der Waals surface area contributed by atoms with Gasteiger partial charge in [-0.3, -0.25) is 0 Å². The number of nitrogens with zero attached hydrogens (tertiary/aromatic N) is 5. The average molecular weight is 261 g/mol. The lowest BCUT2D eigenvalue weighted by Gasteiger charge is -2.32. The van der Waals surface area contributed by atoms with Crippen LogP contribution in [0.15, 0.2) is 31.1 Å². The Bertz CT molecular complexity index is 502. The van der Waals surface area contributed by atoms with E-state index in [1.807, 2.05) is 18.7 Å². The number of hydrogen-bond acceptors (Lipinski definition) is 4. The van der Waals surface area contributed by atoms with Crippen molar-refractivity contribution in [3.05, 3.63) is 36.9 Å². The van der Waals surface area contributed by atoms with Gasteiger partial charge in [0.25, 0.3) is 0 Å². The van der Waals surface area contributed by atoms with Crippen molar-refractivity contribution in [1.29, 1.82) is 0 Å². The first-order valence-electron chi connectivity index (χ1n) is 6.49. The van der Waals surface area contributed by atoms with Crippen LogP contribution in [-0.2, 0) is 6.54 Å². The summed E-state index contributed by atoms with van der Waals surface area (Å²) in [5.74, 6) is 0.895. The maximum absolute atomic E-state index is 12.8. The summed E-state index contributed by atoms with van der Waals surface area (Å²) in [5.41, 5.74) is 0. The minimum atomic E-state index is -0.390. The standard InChI is InChI=1S/C13H16FN5/c14-12-7-16-13(17-8-12)19-4-1-11(2-5-19)9-18-6-3-15-10-18/h3,6-8,10-11H,1-2,4-5,9H2. The van der Waals surface area contributed by atoms with Gasteiger partial charge in [0.1, 0.15) is 0 Å². The second kappa shape index (κ2) is 5.34. The number of rotatable bonds is 3. The molecule has 3 rings (SSSR count). The molecule has 0 N–H and O–H groups in total. The highest BCUT2D eigenvalue weighted by molar-refractivity contribution is 5.29. The van der Waals surface area contributed by atoms with E-state index in [1.165, 1.54) is 12.4 Å². The molecule has 0 aromatic carbocycles. The monoisotopic (exact) mass is 261 g/mol. The molecule has 1 aliphatic heterocycles. The second-order valence-electron chi connectivity index (χ2n) is 4.89. The molecular formula is C13H16FN5. The van der Waals surface area contributed by atoms with Crippen molar-refractivity contribution in [2.75, 3.05) is 18.0 Å². The molecule has 1 saturated heterocycles. The van der Waals surface area contributed by atoms with Crippen molar-refractivity contribution in [2.45, 2.75) is 19.4 Å². The molecule has 0 saturated carbocycles. The summed E-state index contributed by atoms with van der Waals surface area (Å²) in [6, 6.07) is 0. The van der Waals surface area contributed by atoms with Gasteiger partial charge in [0, 0.05) is 32.0 Å². The molecule has 0 radical (unpaired) electrons. The van der Waals surface area contributed by atoms with Crippen LogP contribution in [0.2, 0.25) is 0 Å². The predicted octanol–water partition coefficient (Wildman–Crippen LogP) is 1.73. The summed E-state index contributed by atoms with van der Waals surface area (Å²) in [4.78, 5) is 14.2. The molecule has 0 amide bonds. The molecule has 1 fully saturated rings. The molecule has 6 heteroatoms.